The SMILES string of the molecule is C=CC(=O)OCOc1ccc(OC(=O)CCCC(CCC)C(=O)OCCc2ccc(OC(=O)C3CCC(C(=O)Oc4ccc(OCOC(=O)C=C)cc4)CC3)c(/C=N/N(CCCCCC)c3nc4ccccc4s3)c2)cc1. The molecule has 4 aromatic carbocycles. The van der Waals surface area contributed by atoms with Gasteiger partial charge in [0.2, 0.25) is 18.7 Å². The Morgan fingerprint density at radius 3 is 1.91 bits per heavy atom. The molecule has 1 aromatic heterocycles. The number of para-hydroxylation sites is 1. The molecule has 0 amide bonds. The summed E-state index contributed by atoms with van der Waals surface area (Å²) in [7, 11) is 0. The summed E-state index contributed by atoms with van der Waals surface area (Å²) >= 11 is 1.55. The highest BCUT2D eigenvalue weighted by atomic mass is 32.1. The molecule has 0 bridgehead atoms. The van der Waals surface area contributed by atoms with Gasteiger partial charge in [-0.25, -0.2) is 19.6 Å². The number of carbonyl (C=O) groups is 6. The number of carbonyl (C=O) groups excluding carboxylic acids is 6. The number of ether oxygens (including phenoxy) is 8. The first-order valence-corrected chi connectivity index (χ1v) is 26.9. The van der Waals surface area contributed by atoms with Crippen molar-refractivity contribution in [2.75, 3.05) is 31.7 Å². The Hall–Kier alpha value is -7.86. The van der Waals surface area contributed by atoms with E-state index in [2.05, 4.69) is 20.1 Å². The molecule has 5 aromatic rings. The normalized spacial score (nSPS) is 14.4. The third-order valence-corrected chi connectivity index (χ3v) is 13.6. The smallest absolute Gasteiger partial charge is 0.333 e. The molecule has 18 heteroatoms. The first-order valence-electron chi connectivity index (χ1n) is 26.1. The summed E-state index contributed by atoms with van der Waals surface area (Å²) in [6, 6.07) is 26.1. The molecule has 1 fully saturated rings. The van der Waals surface area contributed by atoms with E-state index in [1.807, 2.05) is 48.3 Å². The molecule has 1 unspecified atom stereocenters. The zero-order chi connectivity index (χ0) is 54.8. The number of hydrogen-bond donors (Lipinski definition) is 0. The number of benzene rings is 4. The molecule has 0 aliphatic heterocycles. The molecular formula is C59H67N3O14S. The van der Waals surface area contributed by atoms with Crippen LogP contribution in [0.1, 0.15) is 108 Å². The molecule has 17 nitrogen and oxygen atoms in total. The summed E-state index contributed by atoms with van der Waals surface area (Å²) < 4.78 is 44.5. The Labute approximate surface area is 453 Å². The lowest BCUT2D eigenvalue weighted by Gasteiger charge is -2.26. The van der Waals surface area contributed by atoms with Crippen molar-refractivity contribution in [1.29, 1.82) is 0 Å². The minimum atomic E-state index is -0.609. The van der Waals surface area contributed by atoms with E-state index >= 15 is 0 Å². The second-order valence-corrected chi connectivity index (χ2v) is 19.2. The van der Waals surface area contributed by atoms with Crippen molar-refractivity contribution in [1.82, 2.24) is 4.98 Å². The summed E-state index contributed by atoms with van der Waals surface area (Å²) in [5, 5.41) is 7.59. The van der Waals surface area contributed by atoms with E-state index in [1.165, 1.54) is 0 Å². The minimum Gasteiger partial charge on any atom is -0.465 e. The van der Waals surface area contributed by atoms with Crippen LogP contribution in [0.15, 0.2) is 121 Å². The summed E-state index contributed by atoms with van der Waals surface area (Å²) in [5.74, 6) is -2.25. The van der Waals surface area contributed by atoms with E-state index in [9.17, 15) is 28.8 Å². The average molecular weight is 1070 g/mol. The summed E-state index contributed by atoms with van der Waals surface area (Å²) in [6.45, 7) is 11.0. The maximum Gasteiger partial charge on any atom is 0.333 e. The Kier molecular flexibility index (Phi) is 23.7. The van der Waals surface area contributed by atoms with Gasteiger partial charge < -0.3 is 37.9 Å². The van der Waals surface area contributed by atoms with Gasteiger partial charge in [0.25, 0.3) is 0 Å². The van der Waals surface area contributed by atoms with Gasteiger partial charge >= 0.3 is 35.8 Å². The van der Waals surface area contributed by atoms with Crippen molar-refractivity contribution in [3.05, 3.63) is 127 Å². The van der Waals surface area contributed by atoms with Crippen LogP contribution in [0.25, 0.3) is 10.2 Å². The molecule has 1 aliphatic carbocycles. The monoisotopic (exact) mass is 1070 g/mol. The van der Waals surface area contributed by atoms with Gasteiger partial charge in [-0.15, -0.1) is 0 Å². The minimum absolute atomic E-state index is 0.100. The molecule has 1 heterocycles. The van der Waals surface area contributed by atoms with Crippen LogP contribution in [0.3, 0.4) is 0 Å². The van der Waals surface area contributed by atoms with Crippen LogP contribution in [0.4, 0.5) is 5.13 Å². The number of unbranched alkanes of at least 4 members (excludes halogenated alkanes) is 3. The van der Waals surface area contributed by atoms with Crippen LogP contribution in [-0.2, 0) is 49.4 Å². The number of anilines is 1. The zero-order valence-corrected chi connectivity index (χ0v) is 44.5. The van der Waals surface area contributed by atoms with E-state index in [-0.39, 0.29) is 32.6 Å². The first kappa shape index (κ1) is 58.4. The van der Waals surface area contributed by atoms with Gasteiger partial charge in [0.05, 0.1) is 40.8 Å². The third-order valence-electron chi connectivity index (χ3n) is 12.6. The van der Waals surface area contributed by atoms with Crippen molar-refractivity contribution in [3.63, 3.8) is 0 Å². The highest BCUT2D eigenvalue weighted by molar-refractivity contribution is 7.22. The maximum absolute atomic E-state index is 13.9. The zero-order valence-electron chi connectivity index (χ0n) is 43.7. The lowest BCUT2D eigenvalue weighted by atomic mass is 9.82. The van der Waals surface area contributed by atoms with Crippen LogP contribution in [0, 0.1) is 17.8 Å². The van der Waals surface area contributed by atoms with E-state index < -0.39 is 47.6 Å². The van der Waals surface area contributed by atoms with Crippen molar-refractivity contribution in [2.45, 2.75) is 104 Å². The number of aromatic nitrogens is 1. The van der Waals surface area contributed by atoms with Gasteiger partial charge in [-0.05, 0) is 130 Å². The highest BCUT2D eigenvalue weighted by Crippen LogP contribution is 2.34. The second-order valence-electron chi connectivity index (χ2n) is 18.2. The number of thiazole rings is 1. The fourth-order valence-corrected chi connectivity index (χ4v) is 9.27. The Bertz CT molecular complexity index is 2750. The number of hydrogen-bond acceptors (Lipinski definition) is 18. The van der Waals surface area contributed by atoms with Gasteiger partial charge in [0.15, 0.2) is 0 Å². The quantitative estimate of drug-likeness (QED) is 0.00591. The lowest BCUT2D eigenvalue weighted by molar-refractivity contribution is -0.149. The van der Waals surface area contributed by atoms with Crippen molar-refractivity contribution < 1.29 is 66.7 Å². The first-order chi connectivity index (χ1) is 37.4. The van der Waals surface area contributed by atoms with Gasteiger partial charge in [-0.3, -0.25) is 19.2 Å². The Morgan fingerprint density at radius 2 is 1.30 bits per heavy atom. The fraction of sp³-hybridized carbons (Fsp3) is 0.390. The molecule has 0 radical (unpaired) electrons. The fourth-order valence-electron chi connectivity index (χ4n) is 8.32. The van der Waals surface area contributed by atoms with Gasteiger partial charge in [0.1, 0.15) is 28.7 Å². The van der Waals surface area contributed by atoms with E-state index in [0.29, 0.717) is 92.2 Å². The molecule has 0 spiro atoms. The highest BCUT2D eigenvalue weighted by Gasteiger charge is 2.33. The number of nitrogens with zero attached hydrogens (tertiary/aromatic N) is 3. The van der Waals surface area contributed by atoms with Crippen molar-refractivity contribution >= 4 is 68.7 Å². The molecular weight excluding hydrogens is 1010 g/mol. The van der Waals surface area contributed by atoms with Gasteiger partial charge in [-0.2, -0.15) is 5.10 Å². The van der Waals surface area contributed by atoms with E-state index in [4.69, 9.17) is 48.0 Å². The number of rotatable bonds is 31. The molecule has 77 heavy (non-hydrogen) atoms. The summed E-state index contributed by atoms with van der Waals surface area (Å²) in [6.07, 6.45) is 12.3. The standard InChI is InChI=1S/C59H67N3O14S/c1-5-9-10-13-35-62(59-61-50-17-11-12-18-52(50)77-59)60-38-45-37-41(34-36-69-56(66)42(15-6-2)16-14-19-55(65)74-48-29-25-46(26-30-48)70-39-72-53(63)7-3)20-33-51(45)76-58(68)44-23-21-43(22-24-44)57(67)75-49-31-27-47(28-32-49)71-40-73-54(64)8-4/h7-8,11-12,17-18,20,25-33,37-38,42-44H,3-6,9-10,13-16,19,21-24,34-36,39-40H2,1-2H3/b60-38+. The summed E-state index contributed by atoms with van der Waals surface area (Å²) in [5.41, 5.74) is 2.26. The van der Waals surface area contributed by atoms with Crippen LogP contribution in [0.5, 0.6) is 28.7 Å². The van der Waals surface area contributed by atoms with Crippen molar-refractivity contribution in [3.8, 4) is 28.7 Å². The van der Waals surface area contributed by atoms with Crippen LogP contribution < -0.4 is 28.7 Å². The Balaban J connectivity index is 1.06. The Morgan fingerprint density at radius 1 is 0.688 bits per heavy atom. The molecule has 0 saturated heterocycles. The van der Waals surface area contributed by atoms with Crippen molar-refractivity contribution in [2.24, 2.45) is 22.9 Å². The van der Waals surface area contributed by atoms with Gasteiger partial charge in [-0.1, -0.05) is 82.2 Å². The summed E-state index contributed by atoms with van der Waals surface area (Å²) in [4.78, 5) is 80.5. The number of fused-ring (bicyclic) bond motifs is 1. The topological polar surface area (TPSA) is 205 Å². The van der Waals surface area contributed by atoms with Crippen LogP contribution >= 0.6 is 11.3 Å². The molecule has 1 saturated carbocycles. The van der Waals surface area contributed by atoms with E-state index in [1.54, 1.807) is 72.1 Å². The number of esters is 6. The predicted molar refractivity (Wildman–Crippen MR) is 291 cm³/mol. The predicted octanol–water partition coefficient (Wildman–Crippen LogP) is 11.4. The maximum atomic E-state index is 13.9. The molecule has 0 N–H and O–H groups in total. The third kappa shape index (κ3) is 19.3. The van der Waals surface area contributed by atoms with Gasteiger partial charge in [0, 0.05) is 37.1 Å². The second kappa shape index (κ2) is 31.3. The van der Waals surface area contributed by atoms with Crippen LogP contribution in [-0.4, -0.2) is 73.8 Å². The average Bonchev–Trinajstić information content (AvgIpc) is 3.88. The van der Waals surface area contributed by atoms with E-state index in [0.717, 1.165) is 65.2 Å². The molecule has 1 aliphatic rings. The number of hydrazone groups is 1. The largest absolute Gasteiger partial charge is 0.465 e. The lowest BCUT2D eigenvalue weighted by Crippen LogP contribution is -2.30. The van der Waals surface area contributed by atoms with Crippen LogP contribution in [0.2, 0.25) is 0 Å². The molecule has 6 rings (SSSR count). The molecule has 408 valence electrons. The molecule has 1 atom stereocenters.